The molecule has 1 aliphatic heterocycles. The highest BCUT2D eigenvalue weighted by Crippen LogP contribution is 2.27. The first-order valence-electron chi connectivity index (χ1n) is 5.94. The van der Waals surface area contributed by atoms with Gasteiger partial charge in [-0.15, -0.1) is 11.3 Å². The standard InChI is InChI=1S/C12H14N4OS/c1-8-11(18-7-13-8)12(17)16-5-3-9(6-16)10-2-4-14-15-10/h2,4,7,9H,3,5-6H2,1H3,(H,14,15)/t9-/m0/s1. The predicted octanol–water partition coefficient (Wildman–Crippen LogP) is 1.80. The first-order valence-corrected chi connectivity index (χ1v) is 6.82. The van der Waals surface area contributed by atoms with Crippen molar-refractivity contribution >= 4 is 17.2 Å². The summed E-state index contributed by atoms with van der Waals surface area (Å²) in [7, 11) is 0. The highest BCUT2D eigenvalue weighted by molar-refractivity contribution is 7.11. The summed E-state index contributed by atoms with van der Waals surface area (Å²) in [6.45, 7) is 3.45. The minimum Gasteiger partial charge on any atom is -0.337 e. The molecular weight excluding hydrogens is 248 g/mol. The fourth-order valence-corrected chi connectivity index (χ4v) is 3.11. The summed E-state index contributed by atoms with van der Waals surface area (Å²) >= 11 is 1.42. The van der Waals surface area contributed by atoms with Gasteiger partial charge in [-0.2, -0.15) is 5.10 Å². The van der Waals surface area contributed by atoms with Crippen molar-refractivity contribution in [2.75, 3.05) is 13.1 Å². The molecule has 0 unspecified atom stereocenters. The van der Waals surface area contributed by atoms with Gasteiger partial charge in [-0.25, -0.2) is 4.98 Å². The van der Waals surface area contributed by atoms with Gasteiger partial charge in [0.25, 0.3) is 5.91 Å². The van der Waals surface area contributed by atoms with Crippen LogP contribution >= 0.6 is 11.3 Å². The molecule has 1 saturated heterocycles. The van der Waals surface area contributed by atoms with Crippen LogP contribution in [-0.4, -0.2) is 39.1 Å². The van der Waals surface area contributed by atoms with E-state index in [-0.39, 0.29) is 5.91 Å². The molecule has 94 valence electrons. The van der Waals surface area contributed by atoms with E-state index in [9.17, 15) is 4.79 Å². The first kappa shape index (κ1) is 11.4. The van der Waals surface area contributed by atoms with Crippen LogP contribution in [0, 0.1) is 6.92 Å². The topological polar surface area (TPSA) is 61.9 Å². The molecule has 0 aliphatic carbocycles. The number of likely N-dealkylation sites (tertiary alicyclic amines) is 1. The summed E-state index contributed by atoms with van der Waals surface area (Å²) in [5.74, 6) is 0.488. The Kier molecular flexibility index (Phi) is 2.87. The molecule has 1 atom stereocenters. The van der Waals surface area contributed by atoms with Crippen molar-refractivity contribution in [3.63, 3.8) is 0 Å². The van der Waals surface area contributed by atoms with E-state index in [1.54, 1.807) is 11.7 Å². The maximum atomic E-state index is 12.3. The van der Waals surface area contributed by atoms with Gasteiger partial charge in [-0.05, 0) is 19.4 Å². The van der Waals surface area contributed by atoms with E-state index in [4.69, 9.17) is 0 Å². The molecule has 1 aliphatic rings. The summed E-state index contributed by atoms with van der Waals surface area (Å²) in [5.41, 5.74) is 3.67. The number of nitrogens with one attached hydrogen (secondary N) is 1. The van der Waals surface area contributed by atoms with Crippen molar-refractivity contribution in [1.29, 1.82) is 0 Å². The van der Waals surface area contributed by atoms with Gasteiger partial charge in [-0.3, -0.25) is 9.89 Å². The molecule has 1 N–H and O–H groups in total. The molecule has 2 aromatic rings. The van der Waals surface area contributed by atoms with Crippen LogP contribution in [0.2, 0.25) is 0 Å². The number of nitrogens with zero attached hydrogens (tertiary/aromatic N) is 3. The molecule has 18 heavy (non-hydrogen) atoms. The number of aryl methyl sites for hydroxylation is 1. The van der Waals surface area contributed by atoms with Gasteiger partial charge in [0.15, 0.2) is 0 Å². The van der Waals surface area contributed by atoms with Crippen molar-refractivity contribution in [3.05, 3.63) is 34.0 Å². The molecular formula is C12H14N4OS. The molecule has 5 nitrogen and oxygen atoms in total. The van der Waals surface area contributed by atoms with Gasteiger partial charge in [-0.1, -0.05) is 0 Å². The van der Waals surface area contributed by atoms with Crippen molar-refractivity contribution < 1.29 is 4.79 Å². The van der Waals surface area contributed by atoms with Crippen LogP contribution in [0.25, 0.3) is 0 Å². The third-order valence-corrected chi connectivity index (χ3v) is 4.29. The minimum atomic E-state index is 0.108. The molecule has 3 rings (SSSR count). The number of carbonyl (C=O) groups excluding carboxylic acids is 1. The number of rotatable bonds is 2. The zero-order chi connectivity index (χ0) is 12.5. The zero-order valence-electron chi connectivity index (χ0n) is 10.1. The van der Waals surface area contributed by atoms with Crippen molar-refractivity contribution in [2.24, 2.45) is 0 Å². The molecule has 1 fully saturated rings. The second-order valence-corrected chi connectivity index (χ2v) is 5.37. The molecule has 0 saturated carbocycles. The third kappa shape index (κ3) is 1.92. The predicted molar refractivity (Wildman–Crippen MR) is 68.7 cm³/mol. The Bertz CT molecular complexity index is 548. The summed E-state index contributed by atoms with van der Waals surface area (Å²) in [6, 6.07) is 1.98. The van der Waals surface area contributed by atoms with Crippen LogP contribution < -0.4 is 0 Å². The lowest BCUT2D eigenvalue weighted by molar-refractivity contribution is 0.0794. The maximum Gasteiger partial charge on any atom is 0.265 e. The highest BCUT2D eigenvalue weighted by atomic mass is 32.1. The monoisotopic (exact) mass is 262 g/mol. The van der Waals surface area contributed by atoms with Crippen LogP contribution in [0.5, 0.6) is 0 Å². The van der Waals surface area contributed by atoms with Crippen LogP contribution in [-0.2, 0) is 0 Å². The van der Waals surface area contributed by atoms with E-state index in [1.165, 1.54) is 11.3 Å². The minimum absolute atomic E-state index is 0.108. The van der Waals surface area contributed by atoms with Crippen molar-refractivity contribution in [3.8, 4) is 0 Å². The lowest BCUT2D eigenvalue weighted by Gasteiger charge is -2.15. The summed E-state index contributed by atoms with van der Waals surface area (Å²) in [4.78, 5) is 19.1. The van der Waals surface area contributed by atoms with E-state index >= 15 is 0 Å². The number of thiazole rings is 1. The van der Waals surface area contributed by atoms with E-state index in [1.807, 2.05) is 17.9 Å². The van der Waals surface area contributed by atoms with Crippen LogP contribution in [0.1, 0.15) is 33.4 Å². The molecule has 6 heteroatoms. The summed E-state index contributed by atoms with van der Waals surface area (Å²) in [6.07, 6.45) is 2.75. The van der Waals surface area contributed by atoms with Crippen LogP contribution in [0.4, 0.5) is 0 Å². The molecule has 1 amide bonds. The van der Waals surface area contributed by atoms with Gasteiger partial charge in [0.2, 0.25) is 0 Å². The van der Waals surface area contributed by atoms with Gasteiger partial charge >= 0.3 is 0 Å². The van der Waals surface area contributed by atoms with Gasteiger partial charge in [0, 0.05) is 30.9 Å². The third-order valence-electron chi connectivity index (χ3n) is 3.38. The number of carbonyl (C=O) groups is 1. The molecule has 0 spiro atoms. The summed E-state index contributed by atoms with van der Waals surface area (Å²) < 4.78 is 0. The maximum absolute atomic E-state index is 12.3. The Balaban J connectivity index is 1.73. The van der Waals surface area contributed by atoms with E-state index < -0.39 is 0 Å². The fourth-order valence-electron chi connectivity index (χ4n) is 2.34. The largest absolute Gasteiger partial charge is 0.337 e. The van der Waals surface area contributed by atoms with Gasteiger partial charge in [0.05, 0.1) is 11.2 Å². The van der Waals surface area contributed by atoms with Crippen LogP contribution in [0.15, 0.2) is 17.8 Å². The second kappa shape index (κ2) is 4.53. The smallest absolute Gasteiger partial charge is 0.265 e. The molecule has 0 bridgehead atoms. The Morgan fingerprint density at radius 3 is 3.17 bits per heavy atom. The number of hydrogen-bond acceptors (Lipinski definition) is 4. The van der Waals surface area contributed by atoms with E-state index in [0.29, 0.717) is 5.92 Å². The Hall–Kier alpha value is -1.69. The number of amides is 1. The molecule has 3 heterocycles. The number of hydrogen-bond donors (Lipinski definition) is 1. The Morgan fingerprint density at radius 2 is 2.50 bits per heavy atom. The van der Waals surface area contributed by atoms with Crippen molar-refractivity contribution in [1.82, 2.24) is 20.1 Å². The first-order chi connectivity index (χ1) is 8.75. The number of aromatic amines is 1. The number of aromatic nitrogens is 3. The Labute approximate surface area is 109 Å². The zero-order valence-corrected chi connectivity index (χ0v) is 10.9. The SMILES string of the molecule is Cc1ncsc1C(=O)N1CC[C@H](c2ccn[nH]2)C1. The van der Waals surface area contributed by atoms with Gasteiger partial charge in [0.1, 0.15) is 4.88 Å². The molecule has 2 aromatic heterocycles. The average Bonchev–Trinajstić information content (AvgIpc) is 3.09. The number of H-pyrrole nitrogens is 1. The lowest BCUT2D eigenvalue weighted by atomic mass is 10.1. The van der Waals surface area contributed by atoms with E-state index in [2.05, 4.69) is 15.2 Å². The quantitative estimate of drug-likeness (QED) is 0.897. The second-order valence-electron chi connectivity index (χ2n) is 4.52. The van der Waals surface area contributed by atoms with Crippen molar-refractivity contribution in [2.45, 2.75) is 19.3 Å². The summed E-state index contributed by atoms with van der Waals surface area (Å²) in [5, 5.41) is 6.95. The van der Waals surface area contributed by atoms with Crippen LogP contribution in [0.3, 0.4) is 0 Å². The Morgan fingerprint density at radius 1 is 1.61 bits per heavy atom. The molecule has 0 radical (unpaired) electrons. The van der Waals surface area contributed by atoms with E-state index in [0.717, 1.165) is 35.8 Å². The highest BCUT2D eigenvalue weighted by Gasteiger charge is 2.29. The van der Waals surface area contributed by atoms with Gasteiger partial charge < -0.3 is 4.90 Å². The normalized spacial score (nSPS) is 19.4. The molecule has 0 aromatic carbocycles. The lowest BCUT2D eigenvalue weighted by Crippen LogP contribution is -2.28. The fraction of sp³-hybridized carbons (Fsp3) is 0.417. The average molecular weight is 262 g/mol.